The zero-order valence-corrected chi connectivity index (χ0v) is 14.9. The average Bonchev–Trinajstić information content (AvgIpc) is 3.00. The van der Waals surface area contributed by atoms with Crippen LogP contribution in [-0.4, -0.2) is 23.5 Å². The zero-order valence-electron chi connectivity index (χ0n) is 14.9. The number of hydrogen-bond acceptors (Lipinski definition) is 4. The summed E-state index contributed by atoms with van der Waals surface area (Å²) in [6.45, 7) is 7.28. The molecule has 1 unspecified atom stereocenters. The fourth-order valence-electron chi connectivity index (χ4n) is 2.28. The Balaban J connectivity index is 1.90. The van der Waals surface area contributed by atoms with Gasteiger partial charge in [0.1, 0.15) is 17.1 Å². The summed E-state index contributed by atoms with van der Waals surface area (Å²) in [6, 6.07) is 10.7. The molecular formula is C19H24N2O4. The zero-order chi connectivity index (χ0) is 18.6. The van der Waals surface area contributed by atoms with Gasteiger partial charge in [-0.15, -0.1) is 0 Å². The Labute approximate surface area is 147 Å². The lowest BCUT2D eigenvalue weighted by Gasteiger charge is -2.21. The maximum atomic E-state index is 12.0. The first-order valence-electron chi connectivity index (χ1n) is 8.17. The van der Waals surface area contributed by atoms with Gasteiger partial charge in [-0.3, -0.25) is 9.59 Å². The quantitative estimate of drug-likeness (QED) is 0.727. The molecule has 6 nitrogen and oxygen atoms in total. The Kier molecular flexibility index (Phi) is 5.64. The van der Waals surface area contributed by atoms with Gasteiger partial charge in [-0.2, -0.15) is 0 Å². The molecule has 0 aliphatic rings. The first-order chi connectivity index (χ1) is 11.7. The summed E-state index contributed by atoms with van der Waals surface area (Å²) in [7, 11) is 0. The number of benzene rings is 1. The van der Waals surface area contributed by atoms with Gasteiger partial charge in [-0.25, -0.2) is 0 Å². The van der Waals surface area contributed by atoms with Crippen molar-refractivity contribution in [2.45, 2.75) is 39.2 Å². The molecule has 0 aliphatic carbocycles. The van der Waals surface area contributed by atoms with Crippen molar-refractivity contribution in [1.29, 1.82) is 0 Å². The van der Waals surface area contributed by atoms with Crippen molar-refractivity contribution in [3.63, 3.8) is 0 Å². The number of hydrogen-bond donors (Lipinski definition) is 3. The van der Waals surface area contributed by atoms with Crippen molar-refractivity contribution in [2.24, 2.45) is 0 Å². The minimum Gasteiger partial charge on any atom is -0.463 e. The largest absolute Gasteiger partial charge is 0.463 e. The van der Waals surface area contributed by atoms with Gasteiger partial charge in [-0.1, -0.05) is 26.0 Å². The van der Waals surface area contributed by atoms with Crippen LogP contribution in [0, 0.1) is 6.92 Å². The van der Waals surface area contributed by atoms with Crippen molar-refractivity contribution in [3.8, 4) is 0 Å². The van der Waals surface area contributed by atoms with E-state index in [1.807, 2.05) is 12.1 Å². The van der Waals surface area contributed by atoms with Gasteiger partial charge in [0.2, 0.25) is 0 Å². The van der Waals surface area contributed by atoms with Crippen molar-refractivity contribution in [2.75, 3.05) is 11.9 Å². The summed E-state index contributed by atoms with van der Waals surface area (Å²) in [5, 5.41) is 15.3. The Morgan fingerprint density at radius 1 is 1.12 bits per heavy atom. The lowest BCUT2D eigenvalue weighted by atomic mass is 10.0. The van der Waals surface area contributed by atoms with Crippen LogP contribution in [0.5, 0.6) is 0 Å². The van der Waals surface area contributed by atoms with E-state index < -0.39 is 17.4 Å². The van der Waals surface area contributed by atoms with E-state index >= 15 is 0 Å². The predicted molar refractivity (Wildman–Crippen MR) is 95.2 cm³/mol. The number of furan rings is 1. The van der Waals surface area contributed by atoms with Crippen molar-refractivity contribution in [3.05, 3.63) is 53.5 Å². The smallest absolute Gasteiger partial charge is 0.313 e. The van der Waals surface area contributed by atoms with Crippen molar-refractivity contribution < 1.29 is 19.1 Å². The first kappa shape index (κ1) is 18.7. The highest BCUT2D eigenvalue weighted by Crippen LogP contribution is 2.22. The summed E-state index contributed by atoms with van der Waals surface area (Å²) < 4.78 is 5.37. The van der Waals surface area contributed by atoms with Crippen LogP contribution in [0.4, 0.5) is 5.69 Å². The molecule has 1 aromatic heterocycles. The summed E-state index contributed by atoms with van der Waals surface area (Å²) in [5.41, 5.74) is 0.286. The average molecular weight is 344 g/mol. The molecular weight excluding hydrogens is 320 g/mol. The van der Waals surface area contributed by atoms with Gasteiger partial charge < -0.3 is 20.2 Å². The standard InChI is InChI=1S/C19H24N2O4/c1-12(2)14-6-8-15(9-7-14)21-18(23)17(22)20-11-19(4,24)16-10-5-13(3)25-16/h5-10,12,24H,11H2,1-4H3,(H,20,22)(H,21,23). The first-order valence-corrected chi connectivity index (χ1v) is 8.17. The number of nitrogens with one attached hydrogen (secondary N) is 2. The number of aryl methyl sites for hydroxylation is 1. The Bertz CT molecular complexity index is 745. The van der Waals surface area contributed by atoms with Crippen LogP contribution < -0.4 is 10.6 Å². The molecule has 1 heterocycles. The normalized spacial score (nSPS) is 13.4. The molecule has 134 valence electrons. The minimum absolute atomic E-state index is 0.140. The number of carbonyl (C=O) groups excluding carboxylic acids is 2. The molecule has 1 atom stereocenters. The molecule has 1 aromatic carbocycles. The molecule has 2 amide bonds. The van der Waals surface area contributed by atoms with E-state index in [4.69, 9.17) is 4.42 Å². The highest BCUT2D eigenvalue weighted by atomic mass is 16.4. The van der Waals surface area contributed by atoms with Crippen molar-refractivity contribution in [1.82, 2.24) is 5.32 Å². The number of anilines is 1. The maximum absolute atomic E-state index is 12.0. The van der Waals surface area contributed by atoms with E-state index in [1.54, 1.807) is 31.2 Å². The lowest BCUT2D eigenvalue weighted by molar-refractivity contribution is -0.136. The van der Waals surface area contributed by atoms with E-state index in [-0.39, 0.29) is 6.54 Å². The SMILES string of the molecule is Cc1ccc(C(C)(O)CNC(=O)C(=O)Nc2ccc(C(C)C)cc2)o1. The summed E-state index contributed by atoms with van der Waals surface area (Å²) >= 11 is 0. The van der Waals surface area contributed by atoms with Crippen LogP contribution in [0.15, 0.2) is 40.8 Å². The van der Waals surface area contributed by atoms with E-state index in [0.717, 1.165) is 5.56 Å². The Hall–Kier alpha value is -2.60. The fourth-order valence-corrected chi connectivity index (χ4v) is 2.28. The minimum atomic E-state index is -1.40. The molecule has 0 bridgehead atoms. The van der Waals surface area contributed by atoms with Crippen LogP contribution >= 0.6 is 0 Å². The molecule has 0 radical (unpaired) electrons. The second kappa shape index (κ2) is 7.53. The molecule has 3 N–H and O–H groups in total. The third-order valence-electron chi connectivity index (χ3n) is 3.91. The molecule has 25 heavy (non-hydrogen) atoms. The van der Waals surface area contributed by atoms with E-state index in [2.05, 4.69) is 24.5 Å². The summed E-state index contributed by atoms with van der Waals surface area (Å²) in [4.78, 5) is 23.9. The van der Waals surface area contributed by atoms with Crippen molar-refractivity contribution >= 4 is 17.5 Å². The van der Waals surface area contributed by atoms with Gasteiger partial charge >= 0.3 is 11.8 Å². The van der Waals surface area contributed by atoms with Gasteiger partial charge in [-0.05, 0) is 49.6 Å². The number of carbonyl (C=O) groups is 2. The lowest BCUT2D eigenvalue weighted by Crippen LogP contribution is -2.43. The molecule has 2 rings (SSSR count). The third kappa shape index (κ3) is 4.93. The second-order valence-corrected chi connectivity index (χ2v) is 6.60. The van der Waals surface area contributed by atoms with Gasteiger partial charge in [0.05, 0.1) is 6.54 Å². The summed E-state index contributed by atoms with van der Waals surface area (Å²) in [6.07, 6.45) is 0. The monoisotopic (exact) mass is 344 g/mol. The molecule has 0 spiro atoms. The molecule has 0 aliphatic heterocycles. The van der Waals surface area contributed by atoms with Crippen LogP contribution in [0.25, 0.3) is 0 Å². The van der Waals surface area contributed by atoms with Crippen LogP contribution in [0.2, 0.25) is 0 Å². The highest BCUT2D eigenvalue weighted by molar-refractivity contribution is 6.39. The van der Waals surface area contributed by atoms with Crippen LogP contribution in [-0.2, 0) is 15.2 Å². The molecule has 0 fully saturated rings. The van der Waals surface area contributed by atoms with Crippen LogP contribution in [0.3, 0.4) is 0 Å². The van der Waals surface area contributed by atoms with E-state index in [9.17, 15) is 14.7 Å². The molecule has 0 saturated carbocycles. The Morgan fingerprint density at radius 3 is 2.28 bits per heavy atom. The Morgan fingerprint density at radius 2 is 1.76 bits per heavy atom. The van der Waals surface area contributed by atoms with E-state index in [1.165, 1.54) is 6.92 Å². The maximum Gasteiger partial charge on any atom is 0.313 e. The number of rotatable bonds is 5. The van der Waals surface area contributed by atoms with Gasteiger partial charge in [0.25, 0.3) is 0 Å². The predicted octanol–water partition coefficient (Wildman–Crippen LogP) is 2.67. The summed E-state index contributed by atoms with van der Waals surface area (Å²) in [5.74, 6) is -0.236. The number of aliphatic hydroxyl groups is 1. The molecule has 0 saturated heterocycles. The van der Waals surface area contributed by atoms with Gasteiger partial charge in [0.15, 0.2) is 0 Å². The van der Waals surface area contributed by atoms with Crippen LogP contribution in [0.1, 0.15) is 43.8 Å². The molecule has 2 aromatic rings. The third-order valence-corrected chi connectivity index (χ3v) is 3.91. The highest BCUT2D eigenvalue weighted by Gasteiger charge is 2.28. The topological polar surface area (TPSA) is 91.6 Å². The second-order valence-electron chi connectivity index (χ2n) is 6.60. The van der Waals surface area contributed by atoms with Gasteiger partial charge in [0, 0.05) is 5.69 Å². The fraction of sp³-hybridized carbons (Fsp3) is 0.368. The number of amides is 2. The van der Waals surface area contributed by atoms with E-state index in [0.29, 0.717) is 23.1 Å². The molecule has 6 heteroatoms.